The van der Waals surface area contributed by atoms with E-state index in [1.165, 1.54) is 16.4 Å². The van der Waals surface area contributed by atoms with Gasteiger partial charge in [0, 0.05) is 12.6 Å². The molecule has 2 rings (SSSR count). The van der Waals surface area contributed by atoms with E-state index in [0.717, 1.165) is 6.07 Å². The average molecular weight is 348 g/mol. The number of sulfonamides is 1. The minimum atomic E-state index is -3.91. The van der Waals surface area contributed by atoms with Crippen LogP contribution in [0.2, 0.25) is 5.02 Å². The van der Waals surface area contributed by atoms with E-state index in [2.05, 4.69) is 0 Å². The number of hydrogen-bond acceptors (Lipinski definition) is 4. The number of carboxylic acids is 1. The molecular weight excluding hydrogens is 330 g/mol. The molecule has 1 aromatic carbocycles. The Kier molecular flexibility index (Phi) is 5.11. The number of nitrogens with zero attached hydrogens (tertiary/aromatic N) is 1. The summed E-state index contributed by atoms with van der Waals surface area (Å²) in [5.74, 6) is -1.21. The van der Waals surface area contributed by atoms with Crippen molar-refractivity contribution in [3.63, 3.8) is 0 Å². The second-order valence-electron chi connectivity index (χ2n) is 5.31. The van der Waals surface area contributed by atoms with Crippen LogP contribution in [0.15, 0.2) is 23.1 Å². The lowest BCUT2D eigenvalue weighted by atomic mass is 10.0. The summed E-state index contributed by atoms with van der Waals surface area (Å²) in [6, 6.07) is 3.30. The Bertz CT molecular complexity index is 676. The predicted octanol–water partition coefficient (Wildman–Crippen LogP) is 1.96. The number of carbonyl (C=O) groups is 1. The first-order valence-corrected chi connectivity index (χ1v) is 8.82. The van der Waals surface area contributed by atoms with Crippen LogP contribution in [-0.2, 0) is 10.0 Å². The second-order valence-corrected chi connectivity index (χ2v) is 7.57. The third-order valence-electron chi connectivity index (χ3n) is 3.87. The van der Waals surface area contributed by atoms with Crippen LogP contribution in [0.1, 0.15) is 36.5 Å². The zero-order valence-electron chi connectivity index (χ0n) is 12.1. The van der Waals surface area contributed by atoms with Crippen LogP contribution in [0.25, 0.3) is 0 Å². The summed E-state index contributed by atoms with van der Waals surface area (Å²) < 4.78 is 27.0. The van der Waals surface area contributed by atoms with E-state index in [-0.39, 0.29) is 28.1 Å². The zero-order valence-corrected chi connectivity index (χ0v) is 13.6. The average Bonchev–Trinajstić information content (AvgIpc) is 2.46. The van der Waals surface area contributed by atoms with Crippen molar-refractivity contribution in [2.45, 2.75) is 43.2 Å². The fourth-order valence-electron chi connectivity index (χ4n) is 2.66. The number of carboxylic acid groups (broad SMARTS) is 1. The van der Waals surface area contributed by atoms with Crippen molar-refractivity contribution in [1.29, 1.82) is 0 Å². The van der Waals surface area contributed by atoms with Crippen molar-refractivity contribution in [1.82, 2.24) is 4.31 Å². The monoisotopic (exact) mass is 347 g/mol. The van der Waals surface area contributed by atoms with Crippen LogP contribution in [0.3, 0.4) is 0 Å². The summed E-state index contributed by atoms with van der Waals surface area (Å²) in [5.41, 5.74) is -0.131. The summed E-state index contributed by atoms with van der Waals surface area (Å²) in [6.07, 6.45) is 0.766. The van der Waals surface area contributed by atoms with Crippen molar-refractivity contribution in [3.8, 4) is 0 Å². The van der Waals surface area contributed by atoms with E-state index >= 15 is 0 Å². The van der Waals surface area contributed by atoms with Gasteiger partial charge >= 0.3 is 5.97 Å². The molecule has 0 saturated carbocycles. The highest BCUT2D eigenvalue weighted by molar-refractivity contribution is 7.89. The Hall–Kier alpha value is -1.15. The number of rotatable bonds is 4. The van der Waals surface area contributed by atoms with Gasteiger partial charge in [0.05, 0.1) is 16.7 Å². The van der Waals surface area contributed by atoms with E-state index in [0.29, 0.717) is 19.3 Å². The van der Waals surface area contributed by atoms with Crippen molar-refractivity contribution in [2.75, 3.05) is 6.54 Å². The molecule has 1 heterocycles. The number of halogens is 1. The van der Waals surface area contributed by atoms with Gasteiger partial charge in [0.15, 0.2) is 0 Å². The molecule has 8 heteroatoms. The fourth-order valence-corrected chi connectivity index (χ4v) is 4.88. The molecule has 1 fully saturated rings. The van der Waals surface area contributed by atoms with Gasteiger partial charge in [0.1, 0.15) is 4.90 Å². The van der Waals surface area contributed by atoms with Crippen LogP contribution in [0, 0.1) is 0 Å². The molecular formula is C14H18ClNO5S. The van der Waals surface area contributed by atoms with Gasteiger partial charge < -0.3 is 10.2 Å². The lowest BCUT2D eigenvalue weighted by molar-refractivity contribution is 0.0696. The molecule has 0 unspecified atom stereocenters. The van der Waals surface area contributed by atoms with E-state index in [1.807, 2.05) is 6.92 Å². The number of benzene rings is 1. The maximum Gasteiger partial charge on any atom is 0.335 e. The van der Waals surface area contributed by atoms with Gasteiger partial charge in [-0.15, -0.1) is 0 Å². The molecule has 0 spiro atoms. The Morgan fingerprint density at radius 3 is 2.73 bits per heavy atom. The topological polar surface area (TPSA) is 94.9 Å². The Morgan fingerprint density at radius 2 is 2.14 bits per heavy atom. The Balaban J connectivity index is 2.45. The minimum absolute atomic E-state index is 0.00836. The fraction of sp³-hybridized carbons (Fsp3) is 0.500. The maximum absolute atomic E-state index is 12.8. The molecule has 2 atom stereocenters. The van der Waals surface area contributed by atoms with Gasteiger partial charge in [-0.3, -0.25) is 0 Å². The highest BCUT2D eigenvalue weighted by atomic mass is 35.5. The van der Waals surface area contributed by atoms with Crippen LogP contribution in [0.4, 0.5) is 0 Å². The number of hydrogen-bond donors (Lipinski definition) is 2. The lowest BCUT2D eigenvalue weighted by Gasteiger charge is -2.36. The van der Waals surface area contributed by atoms with E-state index in [9.17, 15) is 18.3 Å². The molecule has 6 nitrogen and oxygen atoms in total. The van der Waals surface area contributed by atoms with E-state index < -0.39 is 22.1 Å². The third-order valence-corrected chi connectivity index (χ3v) is 6.30. The normalized spacial score (nSPS) is 23.4. The standard InChI is InChI=1S/C14H18ClNO5S/c1-2-10-8-11(17)5-6-16(10)22(20,21)13-7-9(14(18)19)3-4-12(13)15/h3-4,7,10-11,17H,2,5-6,8H2,1H3,(H,18,19)/t10-,11-/m0/s1. The largest absolute Gasteiger partial charge is 0.478 e. The van der Waals surface area contributed by atoms with E-state index in [1.54, 1.807) is 0 Å². The van der Waals surface area contributed by atoms with Crippen molar-refractivity contribution >= 4 is 27.6 Å². The number of aliphatic hydroxyl groups excluding tert-OH is 1. The predicted molar refractivity (Wildman–Crippen MR) is 81.6 cm³/mol. The third kappa shape index (κ3) is 3.27. The van der Waals surface area contributed by atoms with Crippen molar-refractivity contribution < 1.29 is 23.4 Å². The van der Waals surface area contributed by atoms with E-state index in [4.69, 9.17) is 16.7 Å². The van der Waals surface area contributed by atoms with Gasteiger partial charge in [-0.25, -0.2) is 13.2 Å². The molecule has 1 aliphatic heterocycles. The quantitative estimate of drug-likeness (QED) is 0.868. The molecule has 1 aromatic rings. The molecule has 0 bridgehead atoms. The van der Waals surface area contributed by atoms with Crippen LogP contribution in [-0.4, -0.2) is 47.6 Å². The molecule has 122 valence electrons. The molecule has 2 N–H and O–H groups in total. The SMILES string of the molecule is CC[C@H]1C[C@@H](O)CCN1S(=O)(=O)c1cc(C(=O)O)ccc1Cl. The molecule has 0 radical (unpaired) electrons. The summed E-state index contributed by atoms with van der Waals surface area (Å²) in [7, 11) is -3.91. The highest BCUT2D eigenvalue weighted by Crippen LogP contribution is 2.31. The first-order valence-electron chi connectivity index (χ1n) is 7.00. The molecule has 22 heavy (non-hydrogen) atoms. The molecule has 1 aliphatic rings. The van der Waals surface area contributed by atoms with Gasteiger partial charge in [-0.1, -0.05) is 18.5 Å². The summed E-state index contributed by atoms with van der Waals surface area (Å²) >= 11 is 5.98. The zero-order chi connectivity index (χ0) is 16.5. The van der Waals surface area contributed by atoms with Crippen LogP contribution >= 0.6 is 11.6 Å². The van der Waals surface area contributed by atoms with Crippen LogP contribution < -0.4 is 0 Å². The van der Waals surface area contributed by atoms with Gasteiger partial charge in [-0.05, 0) is 37.5 Å². The maximum atomic E-state index is 12.8. The summed E-state index contributed by atoms with van der Waals surface area (Å²) in [6.45, 7) is 2.04. The smallest absolute Gasteiger partial charge is 0.335 e. The molecule has 0 amide bonds. The number of aromatic carboxylic acids is 1. The van der Waals surface area contributed by atoms with Crippen molar-refractivity contribution in [3.05, 3.63) is 28.8 Å². The number of piperidine rings is 1. The van der Waals surface area contributed by atoms with Crippen LogP contribution in [0.5, 0.6) is 0 Å². The summed E-state index contributed by atoms with van der Waals surface area (Å²) in [5, 5.41) is 18.7. The molecule has 0 aromatic heterocycles. The summed E-state index contributed by atoms with van der Waals surface area (Å²) in [4.78, 5) is 10.8. The second kappa shape index (κ2) is 6.54. The first kappa shape index (κ1) is 17.2. The Morgan fingerprint density at radius 1 is 1.45 bits per heavy atom. The molecule has 0 aliphatic carbocycles. The minimum Gasteiger partial charge on any atom is -0.478 e. The Labute approximate surface area is 134 Å². The van der Waals surface area contributed by atoms with Gasteiger partial charge in [0.25, 0.3) is 0 Å². The molecule has 1 saturated heterocycles. The number of aliphatic hydroxyl groups is 1. The first-order chi connectivity index (χ1) is 10.3. The lowest BCUT2D eigenvalue weighted by Crippen LogP contribution is -2.47. The van der Waals surface area contributed by atoms with Gasteiger partial charge in [-0.2, -0.15) is 4.31 Å². The van der Waals surface area contributed by atoms with Gasteiger partial charge in [0.2, 0.25) is 10.0 Å². The highest BCUT2D eigenvalue weighted by Gasteiger charge is 2.36. The van der Waals surface area contributed by atoms with Crippen molar-refractivity contribution in [2.24, 2.45) is 0 Å².